The molecule has 0 aromatic carbocycles. The Kier molecular flexibility index (Phi) is 5.31. The van der Waals surface area contributed by atoms with Crippen LogP contribution in [0.5, 0.6) is 0 Å². The summed E-state index contributed by atoms with van der Waals surface area (Å²) in [6.07, 6.45) is 2.04. The van der Waals surface area contributed by atoms with Gasteiger partial charge in [0.1, 0.15) is 23.3 Å². The third-order valence-electron chi connectivity index (χ3n) is 5.66. The third-order valence-corrected chi connectivity index (χ3v) is 5.66. The maximum absolute atomic E-state index is 9.60. The Labute approximate surface area is 177 Å². The van der Waals surface area contributed by atoms with E-state index in [4.69, 9.17) is 4.98 Å². The number of anilines is 2. The SMILES string of the molecule is Cc1nc(C)c(C#N)c(N[C@@H](C)c2nc3ccn(C)c3cc2N2CCN[C@@H](C)C2)n1. The Morgan fingerprint density at radius 2 is 2.10 bits per heavy atom. The number of nitrogens with zero attached hydrogens (tertiary/aromatic N) is 6. The fourth-order valence-corrected chi connectivity index (χ4v) is 4.14. The number of fused-ring (bicyclic) bond motifs is 1. The number of hydrogen-bond acceptors (Lipinski definition) is 7. The fourth-order valence-electron chi connectivity index (χ4n) is 4.14. The second kappa shape index (κ2) is 7.92. The first-order valence-electron chi connectivity index (χ1n) is 10.3. The minimum Gasteiger partial charge on any atom is -0.367 e. The lowest BCUT2D eigenvalue weighted by molar-refractivity contribution is 0.483. The van der Waals surface area contributed by atoms with Gasteiger partial charge in [0.25, 0.3) is 0 Å². The molecular weight excluding hydrogens is 376 g/mol. The molecule has 4 rings (SSSR count). The summed E-state index contributed by atoms with van der Waals surface area (Å²) in [5.74, 6) is 1.20. The molecule has 0 saturated carbocycles. The molecule has 30 heavy (non-hydrogen) atoms. The van der Waals surface area contributed by atoms with Crippen LogP contribution in [0.1, 0.15) is 42.7 Å². The minimum absolute atomic E-state index is 0.129. The molecule has 0 unspecified atom stereocenters. The van der Waals surface area contributed by atoms with Crippen molar-refractivity contribution in [2.45, 2.75) is 39.8 Å². The van der Waals surface area contributed by atoms with Gasteiger partial charge in [-0.1, -0.05) is 0 Å². The highest BCUT2D eigenvalue weighted by atomic mass is 15.2. The van der Waals surface area contributed by atoms with E-state index in [1.54, 1.807) is 0 Å². The molecule has 8 heteroatoms. The molecule has 2 N–H and O–H groups in total. The maximum Gasteiger partial charge on any atom is 0.148 e. The van der Waals surface area contributed by atoms with E-state index in [1.807, 2.05) is 33.2 Å². The van der Waals surface area contributed by atoms with Crippen LogP contribution in [0.4, 0.5) is 11.5 Å². The molecule has 0 radical (unpaired) electrons. The summed E-state index contributed by atoms with van der Waals surface area (Å²) in [6, 6.07) is 6.79. The summed E-state index contributed by atoms with van der Waals surface area (Å²) >= 11 is 0. The van der Waals surface area contributed by atoms with Gasteiger partial charge in [-0.25, -0.2) is 15.0 Å². The van der Waals surface area contributed by atoms with Crippen LogP contribution in [0, 0.1) is 25.2 Å². The van der Waals surface area contributed by atoms with Crippen molar-refractivity contribution >= 4 is 22.5 Å². The highest BCUT2D eigenvalue weighted by Crippen LogP contribution is 2.32. The predicted molar refractivity (Wildman–Crippen MR) is 119 cm³/mol. The van der Waals surface area contributed by atoms with E-state index in [2.05, 4.69) is 56.1 Å². The van der Waals surface area contributed by atoms with Gasteiger partial charge in [-0.15, -0.1) is 0 Å². The number of pyridine rings is 1. The lowest BCUT2D eigenvalue weighted by Gasteiger charge is -2.35. The third kappa shape index (κ3) is 3.68. The standard InChI is InChI=1S/C22H28N8/c1-13-12-30(9-7-24-13)20-10-19-18(6-8-29(19)5)28-21(20)15(3)26-22-17(11-23)14(2)25-16(4)27-22/h6,8,10,13,15,24H,7,9,12H2,1-5H3,(H,25,26,27)/t13-,15-/m0/s1. The summed E-state index contributed by atoms with van der Waals surface area (Å²) in [7, 11) is 2.04. The van der Waals surface area contributed by atoms with Crippen molar-refractivity contribution in [1.82, 2.24) is 24.8 Å². The van der Waals surface area contributed by atoms with Crippen LogP contribution in [0.25, 0.3) is 11.0 Å². The summed E-state index contributed by atoms with van der Waals surface area (Å²) in [5.41, 5.74) is 5.31. The maximum atomic E-state index is 9.60. The zero-order valence-electron chi connectivity index (χ0n) is 18.2. The summed E-state index contributed by atoms with van der Waals surface area (Å²) in [5, 5.41) is 16.5. The summed E-state index contributed by atoms with van der Waals surface area (Å²) in [4.78, 5) is 16.2. The highest BCUT2D eigenvalue weighted by molar-refractivity contribution is 5.81. The van der Waals surface area contributed by atoms with Crippen molar-refractivity contribution in [3.63, 3.8) is 0 Å². The molecule has 1 aliphatic heterocycles. The average molecular weight is 405 g/mol. The minimum atomic E-state index is -0.129. The van der Waals surface area contributed by atoms with Gasteiger partial charge in [-0.3, -0.25) is 0 Å². The van der Waals surface area contributed by atoms with Gasteiger partial charge in [-0.2, -0.15) is 5.26 Å². The molecule has 1 fully saturated rings. The lowest BCUT2D eigenvalue weighted by atomic mass is 10.1. The first-order chi connectivity index (χ1) is 14.4. The molecule has 2 atom stereocenters. The van der Waals surface area contributed by atoms with Crippen molar-refractivity contribution < 1.29 is 0 Å². The quantitative estimate of drug-likeness (QED) is 0.690. The topological polar surface area (TPSA) is 94.7 Å². The Morgan fingerprint density at radius 1 is 1.30 bits per heavy atom. The number of nitriles is 1. The fraction of sp³-hybridized carbons (Fsp3) is 0.455. The molecular formula is C22H28N8. The molecule has 3 aromatic heterocycles. The zero-order chi connectivity index (χ0) is 21.4. The van der Waals surface area contributed by atoms with Crippen LogP contribution in [-0.2, 0) is 7.05 Å². The number of hydrogen-bond donors (Lipinski definition) is 2. The average Bonchev–Trinajstić information content (AvgIpc) is 3.07. The normalized spacial score (nSPS) is 17.7. The van der Waals surface area contributed by atoms with Crippen LogP contribution >= 0.6 is 0 Å². The monoisotopic (exact) mass is 404 g/mol. The molecule has 4 heterocycles. The molecule has 0 aliphatic carbocycles. The van der Waals surface area contributed by atoms with Crippen molar-refractivity contribution in [1.29, 1.82) is 5.26 Å². The molecule has 0 amide bonds. The van der Waals surface area contributed by atoms with Gasteiger partial charge in [0.2, 0.25) is 0 Å². The van der Waals surface area contributed by atoms with Crippen LogP contribution in [0.2, 0.25) is 0 Å². The van der Waals surface area contributed by atoms with Crippen LogP contribution in [0.15, 0.2) is 18.3 Å². The van der Waals surface area contributed by atoms with Crippen LogP contribution in [-0.4, -0.2) is 45.2 Å². The van der Waals surface area contributed by atoms with Gasteiger partial charge in [0, 0.05) is 38.9 Å². The largest absolute Gasteiger partial charge is 0.367 e. The molecule has 0 spiro atoms. The Morgan fingerprint density at radius 3 is 2.83 bits per heavy atom. The Balaban J connectivity index is 1.77. The molecule has 1 aliphatic rings. The molecule has 156 valence electrons. The van der Waals surface area contributed by atoms with Crippen molar-refractivity contribution in [3.8, 4) is 6.07 Å². The summed E-state index contributed by atoms with van der Waals surface area (Å²) < 4.78 is 2.10. The van der Waals surface area contributed by atoms with Crippen molar-refractivity contribution in [2.24, 2.45) is 7.05 Å². The molecule has 8 nitrogen and oxygen atoms in total. The smallest absolute Gasteiger partial charge is 0.148 e. The Bertz CT molecular complexity index is 1130. The number of nitrogens with one attached hydrogen (secondary N) is 2. The first-order valence-corrected chi connectivity index (χ1v) is 10.3. The highest BCUT2D eigenvalue weighted by Gasteiger charge is 2.24. The van der Waals surface area contributed by atoms with E-state index in [9.17, 15) is 5.26 Å². The van der Waals surface area contributed by atoms with Gasteiger partial charge in [-0.05, 0) is 39.8 Å². The van der Waals surface area contributed by atoms with Gasteiger partial charge >= 0.3 is 0 Å². The predicted octanol–water partition coefficient (Wildman–Crippen LogP) is 2.82. The van der Waals surface area contributed by atoms with Gasteiger partial charge < -0.3 is 20.1 Å². The summed E-state index contributed by atoms with van der Waals surface area (Å²) in [6.45, 7) is 10.7. The Hall–Kier alpha value is -3.18. The van der Waals surface area contributed by atoms with E-state index >= 15 is 0 Å². The van der Waals surface area contributed by atoms with Crippen LogP contribution < -0.4 is 15.5 Å². The van der Waals surface area contributed by atoms with E-state index < -0.39 is 0 Å². The van der Waals surface area contributed by atoms with Gasteiger partial charge in [0.05, 0.1) is 34.2 Å². The number of rotatable bonds is 4. The molecule has 0 bridgehead atoms. The second-order valence-corrected chi connectivity index (χ2v) is 8.08. The lowest BCUT2D eigenvalue weighted by Crippen LogP contribution is -2.49. The zero-order valence-corrected chi connectivity index (χ0v) is 18.2. The van der Waals surface area contributed by atoms with Crippen molar-refractivity contribution in [3.05, 3.63) is 41.1 Å². The molecule has 3 aromatic rings. The van der Waals surface area contributed by atoms with E-state index in [-0.39, 0.29) is 6.04 Å². The van der Waals surface area contributed by atoms with Crippen molar-refractivity contribution in [2.75, 3.05) is 29.9 Å². The first kappa shape index (κ1) is 20.1. The van der Waals surface area contributed by atoms with Crippen LogP contribution in [0.3, 0.4) is 0 Å². The second-order valence-electron chi connectivity index (χ2n) is 8.08. The van der Waals surface area contributed by atoms with E-state index in [0.717, 1.165) is 42.0 Å². The molecule has 1 saturated heterocycles. The number of aryl methyl sites for hydroxylation is 3. The van der Waals surface area contributed by atoms with Gasteiger partial charge in [0.15, 0.2) is 0 Å². The van der Waals surface area contributed by atoms with E-state index in [1.165, 1.54) is 0 Å². The number of aromatic nitrogens is 4. The van der Waals surface area contributed by atoms with E-state index in [0.29, 0.717) is 28.9 Å². The number of piperazine rings is 1.